The minimum absolute atomic E-state index is 0.115. The van der Waals surface area contributed by atoms with E-state index in [1.165, 1.54) is 20.9 Å². The number of nitrogens with zero attached hydrogens (tertiary/aromatic N) is 5. The summed E-state index contributed by atoms with van der Waals surface area (Å²) in [6, 6.07) is -1.30. The van der Waals surface area contributed by atoms with Crippen molar-refractivity contribution in [2.24, 2.45) is 10.1 Å². The van der Waals surface area contributed by atoms with Gasteiger partial charge in [-0.05, 0) is 60.8 Å². The predicted octanol–water partition coefficient (Wildman–Crippen LogP) is 1.98. The molecule has 0 radical (unpaired) electrons. The summed E-state index contributed by atoms with van der Waals surface area (Å²) < 4.78 is 5.49. The standard InChI is InChI=1S/C23H39N5O6/c1-10-16(28(22(6,7)32)20(31)33-21(3,4)5)18(29)27-13-11-12-23(27)15(2)26(19(23)30)14-17(24-8)34-25-9/h15-16,32H,9-14H2,1-8H3. The molecule has 2 aliphatic rings. The molecule has 2 rings (SSSR count). The van der Waals surface area contributed by atoms with E-state index in [1.807, 2.05) is 6.92 Å². The number of hydrogen-bond acceptors (Lipinski definition) is 8. The SMILES string of the molecule is C=NOC(CN1C(=O)C2(CCCN2C(=O)C(CC)N(C(=O)OC(C)(C)C)C(C)(C)O)C1C)=NC. The number of amides is 3. The first-order valence-corrected chi connectivity index (χ1v) is 11.6. The number of likely N-dealkylation sites (tertiary alicyclic amines) is 2. The monoisotopic (exact) mass is 481 g/mol. The highest BCUT2D eigenvalue weighted by Crippen LogP contribution is 2.45. The highest BCUT2D eigenvalue weighted by atomic mass is 16.6. The number of carbonyl (C=O) groups excluding carboxylic acids is 3. The maximum atomic E-state index is 13.8. The lowest BCUT2D eigenvalue weighted by Gasteiger charge is -2.57. The van der Waals surface area contributed by atoms with Crippen LogP contribution < -0.4 is 0 Å². The third kappa shape index (κ3) is 5.03. The van der Waals surface area contributed by atoms with Gasteiger partial charge in [-0.3, -0.25) is 19.5 Å². The zero-order valence-corrected chi connectivity index (χ0v) is 21.6. The largest absolute Gasteiger partial charge is 0.444 e. The molecule has 3 amide bonds. The maximum absolute atomic E-state index is 13.8. The van der Waals surface area contributed by atoms with Gasteiger partial charge in [0.05, 0.1) is 6.04 Å². The van der Waals surface area contributed by atoms with Crippen molar-refractivity contribution in [1.82, 2.24) is 14.7 Å². The molecule has 3 atom stereocenters. The molecule has 2 fully saturated rings. The van der Waals surface area contributed by atoms with E-state index in [-0.39, 0.29) is 36.7 Å². The average Bonchev–Trinajstić information content (AvgIpc) is 3.19. The summed E-state index contributed by atoms with van der Waals surface area (Å²) in [7, 11) is 1.53. The first-order chi connectivity index (χ1) is 15.7. The molecule has 2 saturated heterocycles. The van der Waals surface area contributed by atoms with E-state index >= 15 is 0 Å². The molecule has 0 aliphatic carbocycles. The van der Waals surface area contributed by atoms with Crippen LogP contribution in [0.25, 0.3) is 0 Å². The first kappa shape index (κ1) is 27.6. The summed E-state index contributed by atoms with van der Waals surface area (Å²) in [6.07, 6.45) is 0.619. The number of oxime groups is 1. The number of ether oxygens (including phenoxy) is 1. The second kappa shape index (κ2) is 9.89. The Balaban J connectivity index is 2.34. The number of aliphatic hydroxyl groups is 1. The number of β-lactam (4-membered cyclic amide) rings is 1. The van der Waals surface area contributed by atoms with Crippen LogP contribution in [0.2, 0.25) is 0 Å². The number of aliphatic imine (C=N–C) groups is 1. The van der Waals surface area contributed by atoms with Gasteiger partial charge in [0.25, 0.3) is 5.91 Å². The van der Waals surface area contributed by atoms with Crippen molar-refractivity contribution in [3.63, 3.8) is 0 Å². The van der Waals surface area contributed by atoms with Crippen molar-refractivity contribution in [2.45, 2.75) is 96.7 Å². The quantitative estimate of drug-likeness (QED) is 0.195. The summed E-state index contributed by atoms with van der Waals surface area (Å²) >= 11 is 0. The molecule has 11 nitrogen and oxygen atoms in total. The molecule has 3 unspecified atom stereocenters. The summed E-state index contributed by atoms with van der Waals surface area (Å²) in [5.41, 5.74) is -3.48. The molecular weight excluding hydrogens is 442 g/mol. The second-order valence-electron chi connectivity index (χ2n) is 10.2. The molecule has 1 N–H and O–H groups in total. The van der Waals surface area contributed by atoms with Crippen molar-refractivity contribution >= 4 is 30.5 Å². The van der Waals surface area contributed by atoms with Crippen LogP contribution in [0.5, 0.6) is 0 Å². The fraction of sp³-hybridized carbons (Fsp3) is 0.783. The Labute approximate surface area is 201 Å². The van der Waals surface area contributed by atoms with Gasteiger partial charge in [-0.2, -0.15) is 0 Å². The molecule has 2 aliphatic heterocycles. The van der Waals surface area contributed by atoms with Gasteiger partial charge in [0, 0.05) is 20.3 Å². The first-order valence-electron chi connectivity index (χ1n) is 11.6. The van der Waals surface area contributed by atoms with E-state index in [0.29, 0.717) is 19.4 Å². The fourth-order valence-electron chi connectivity index (χ4n) is 4.86. The van der Waals surface area contributed by atoms with Gasteiger partial charge in [-0.15, -0.1) is 0 Å². The molecule has 192 valence electrons. The minimum atomic E-state index is -1.66. The molecule has 0 aromatic heterocycles. The van der Waals surface area contributed by atoms with Crippen molar-refractivity contribution in [2.75, 3.05) is 20.1 Å². The maximum Gasteiger partial charge on any atom is 0.413 e. The van der Waals surface area contributed by atoms with E-state index in [4.69, 9.17) is 9.57 Å². The van der Waals surface area contributed by atoms with Gasteiger partial charge in [0.1, 0.15) is 29.5 Å². The van der Waals surface area contributed by atoms with Crippen molar-refractivity contribution < 1.29 is 29.1 Å². The molecular formula is C23H39N5O6. The lowest BCUT2D eigenvalue weighted by Crippen LogP contribution is -2.79. The number of hydrogen-bond donors (Lipinski definition) is 1. The molecule has 0 aromatic carbocycles. The lowest BCUT2D eigenvalue weighted by molar-refractivity contribution is -0.180. The average molecular weight is 482 g/mol. The van der Waals surface area contributed by atoms with Crippen LogP contribution >= 0.6 is 0 Å². The molecule has 2 heterocycles. The van der Waals surface area contributed by atoms with Crippen LogP contribution in [-0.4, -0.2) is 99.4 Å². The minimum Gasteiger partial charge on any atom is -0.444 e. The van der Waals surface area contributed by atoms with E-state index in [0.717, 1.165) is 4.90 Å². The van der Waals surface area contributed by atoms with E-state index in [9.17, 15) is 19.5 Å². The molecule has 1 spiro atoms. The van der Waals surface area contributed by atoms with E-state index in [2.05, 4.69) is 16.9 Å². The van der Waals surface area contributed by atoms with Crippen molar-refractivity contribution in [3.8, 4) is 0 Å². The normalized spacial score (nSPS) is 24.1. The van der Waals surface area contributed by atoms with Crippen molar-refractivity contribution in [1.29, 1.82) is 0 Å². The Morgan fingerprint density at radius 1 is 1.32 bits per heavy atom. The summed E-state index contributed by atoms with van der Waals surface area (Å²) in [5, 5.41) is 14.2. The second-order valence-corrected chi connectivity index (χ2v) is 10.2. The van der Waals surface area contributed by atoms with Crippen molar-refractivity contribution in [3.05, 3.63) is 0 Å². The zero-order chi connectivity index (χ0) is 26.1. The Kier molecular flexibility index (Phi) is 8.02. The van der Waals surface area contributed by atoms with E-state index in [1.54, 1.807) is 37.5 Å². The lowest BCUT2D eigenvalue weighted by atomic mass is 9.77. The zero-order valence-electron chi connectivity index (χ0n) is 21.6. The Morgan fingerprint density at radius 2 is 1.94 bits per heavy atom. The number of rotatable bonds is 7. The van der Waals surface area contributed by atoms with Crippen LogP contribution in [0.3, 0.4) is 0 Å². The smallest absolute Gasteiger partial charge is 0.413 e. The summed E-state index contributed by atoms with van der Waals surface area (Å²) in [6.45, 7) is 15.4. The van der Waals surface area contributed by atoms with Gasteiger partial charge in [-0.1, -0.05) is 12.1 Å². The van der Waals surface area contributed by atoms with Crippen LogP contribution in [0.1, 0.15) is 67.7 Å². The van der Waals surface area contributed by atoms with Gasteiger partial charge in [0.15, 0.2) is 0 Å². The van der Waals surface area contributed by atoms with Crippen LogP contribution in [0.15, 0.2) is 10.1 Å². The topological polar surface area (TPSA) is 124 Å². The van der Waals surface area contributed by atoms with E-state index < -0.39 is 29.0 Å². The highest BCUT2D eigenvalue weighted by Gasteiger charge is 2.65. The van der Waals surface area contributed by atoms with Gasteiger partial charge in [0.2, 0.25) is 11.8 Å². The van der Waals surface area contributed by atoms with Crippen LogP contribution in [-0.2, 0) is 19.2 Å². The number of carbonyl (C=O) groups is 3. The van der Waals surface area contributed by atoms with Gasteiger partial charge in [-0.25, -0.2) is 4.79 Å². The Morgan fingerprint density at radius 3 is 2.38 bits per heavy atom. The summed E-state index contributed by atoms with van der Waals surface area (Å²) in [5.74, 6) is -0.353. The fourth-order valence-corrected chi connectivity index (χ4v) is 4.86. The molecule has 0 bridgehead atoms. The van der Waals surface area contributed by atoms with Crippen LogP contribution in [0.4, 0.5) is 4.79 Å². The van der Waals surface area contributed by atoms with Crippen LogP contribution in [0, 0.1) is 0 Å². The molecule has 34 heavy (non-hydrogen) atoms. The van der Waals surface area contributed by atoms with Gasteiger partial charge >= 0.3 is 6.09 Å². The highest BCUT2D eigenvalue weighted by molar-refractivity contribution is 6.01. The van der Waals surface area contributed by atoms with Gasteiger partial charge < -0.3 is 24.5 Å². The molecule has 11 heteroatoms. The summed E-state index contributed by atoms with van der Waals surface area (Å²) in [4.78, 5) is 53.5. The molecule has 0 aromatic rings. The third-order valence-corrected chi connectivity index (χ3v) is 6.37. The molecule has 0 saturated carbocycles. The predicted molar refractivity (Wildman–Crippen MR) is 127 cm³/mol. The Bertz CT molecular complexity index is 846. The third-order valence-electron chi connectivity index (χ3n) is 6.37. The Hall–Kier alpha value is -2.69.